The molecule has 0 amide bonds. The van der Waals surface area contributed by atoms with Crippen LogP contribution in [-0.4, -0.2) is 9.97 Å². The predicted octanol–water partition coefficient (Wildman–Crippen LogP) is 15.5. The van der Waals surface area contributed by atoms with Gasteiger partial charge in [-0.2, -0.15) is 4.98 Å². The molecule has 59 heavy (non-hydrogen) atoms. The van der Waals surface area contributed by atoms with Gasteiger partial charge < -0.3 is 13.3 Å². The summed E-state index contributed by atoms with van der Waals surface area (Å²) in [6.45, 7) is 0. The summed E-state index contributed by atoms with van der Waals surface area (Å²) in [6, 6.07) is 56.6. The molecule has 0 unspecified atom stereocenters. The molecule has 13 aromatic rings. The summed E-state index contributed by atoms with van der Waals surface area (Å²) in [5, 5.41) is 10.5. The highest BCUT2D eigenvalue weighted by molar-refractivity contribution is 7.23. The predicted molar refractivity (Wildman–Crippen MR) is 244 cm³/mol. The first-order valence-electron chi connectivity index (χ1n) is 19.3. The van der Waals surface area contributed by atoms with Crippen molar-refractivity contribution >= 4 is 142 Å². The first-order valence-corrected chi connectivity index (χ1v) is 20.9. The molecule has 7 aromatic heterocycles. The van der Waals surface area contributed by atoms with E-state index in [1.54, 1.807) is 22.7 Å². The van der Waals surface area contributed by atoms with Crippen molar-refractivity contribution in [3.8, 4) is 0 Å². The number of fused-ring (bicyclic) bond motifs is 11. The lowest BCUT2D eigenvalue weighted by Gasteiger charge is -2.22. The van der Waals surface area contributed by atoms with E-state index in [9.17, 15) is 0 Å². The maximum Gasteiger partial charge on any atom is 0.229 e. The topological polar surface area (TPSA) is 71.7 Å². The minimum absolute atomic E-state index is 0.532. The molecule has 0 saturated carbocycles. The minimum atomic E-state index is 0.532. The standard InChI is InChI=1S/C50H28N4O3S2/c1-7-15-44-29(9-1)23-48(58-44)53(31-17-19-35-33-11-3-5-13-39(33)55-41(35)25-31)46-22-21-37-38-28-51-47(27-43(38)57-50(37)52-46)54(49-24-30-10-2-8-16-45(30)59-49)32-18-20-36-34-12-4-6-14-40(34)56-42(36)26-32/h1-28H. The van der Waals surface area contributed by atoms with Gasteiger partial charge in [0.25, 0.3) is 0 Å². The number of pyridine rings is 2. The molecule has 0 radical (unpaired) electrons. The zero-order chi connectivity index (χ0) is 38.6. The molecule has 0 aliphatic carbocycles. The Kier molecular flexibility index (Phi) is 6.92. The molecule has 6 aromatic carbocycles. The van der Waals surface area contributed by atoms with E-state index < -0.39 is 0 Å². The molecule has 0 aliphatic heterocycles. The average molecular weight is 797 g/mol. The third-order valence-electron chi connectivity index (χ3n) is 11.2. The molecule has 0 spiro atoms. The van der Waals surface area contributed by atoms with Gasteiger partial charge in [-0.05, 0) is 83.6 Å². The smallest absolute Gasteiger partial charge is 0.229 e. The largest absolute Gasteiger partial charge is 0.456 e. The van der Waals surface area contributed by atoms with Crippen LogP contribution < -0.4 is 9.80 Å². The van der Waals surface area contributed by atoms with E-state index in [1.807, 2.05) is 48.7 Å². The zero-order valence-corrected chi connectivity index (χ0v) is 32.6. The van der Waals surface area contributed by atoms with Gasteiger partial charge in [0.15, 0.2) is 0 Å². The SMILES string of the molecule is c1ccc2sc(N(c3ccc4c(c3)oc3ccccc34)c3cc4oc5nc(N(c6ccc7c(c6)oc6ccccc67)c6cc7ccccc7s6)ccc5c4cn3)cc2c1. The van der Waals surface area contributed by atoms with E-state index in [-0.39, 0.29) is 0 Å². The van der Waals surface area contributed by atoms with Crippen LogP contribution in [0, 0.1) is 0 Å². The highest BCUT2D eigenvalue weighted by Gasteiger charge is 2.23. The fraction of sp³-hybridized carbons (Fsp3) is 0. The summed E-state index contributed by atoms with van der Waals surface area (Å²) in [5.41, 5.74) is 6.47. The number of hydrogen-bond acceptors (Lipinski definition) is 9. The van der Waals surface area contributed by atoms with Crippen molar-refractivity contribution in [2.75, 3.05) is 9.80 Å². The second-order valence-electron chi connectivity index (χ2n) is 14.6. The number of benzene rings is 6. The van der Waals surface area contributed by atoms with Gasteiger partial charge in [0, 0.05) is 66.1 Å². The zero-order valence-electron chi connectivity index (χ0n) is 31.0. The van der Waals surface area contributed by atoms with Gasteiger partial charge in [0.1, 0.15) is 49.6 Å². The first kappa shape index (κ1) is 32.6. The number of anilines is 6. The van der Waals surface area contributed by atoms with E-state index in [1.165, 1.54) is 20.2 Å². The van der Waals surface area contributed by atoms with Crippen LogP contribution in [0.3, 0.4) is 0 Å². The van der Waals surface area contributed by atoms with Crippen molar-refractivity contribution in [3.05, 3.63) is 170 Å². The number of thiophene rings is 2. The summed E-state index contributed by atoms with van der Waals surface area (Å²) in [4.78, 5) is 14.7. The van der Waals surface area contributed by atoms with Gasteiger partial charge in [0.2, 0.25) is 5.71 Å². The average Bonchev–Trinajstić information content (AvgIpc) is 4.10. The first-order chi connectivity index (χ1) is 29.2. The molecule has 7 heterocycles. The molecule has 0 saturated heterocycles. The highest BCUT2D eigenvalue weighted by atomic mass is 32.1. The van der Waals surface area contributed by atoms with Crippen molar-refractivity contribution in [1.29, 1.82) is 0 Å². The van der Waals surface area contributed by atoms with Crippen LogP contribution in [0.4, 0.5) is 33.0 Å². The Hall–Kier alpha value is -7.46. The Morgan fingerprint density at radius 3 is 1.51 bits per heavy atom. The number of para-hydroxylation sites is 2. The molecule has 0 fully saturated rings. The molecule has 13 rings (SSSR count). The fourth-order valence-electron chi connectivity index (χ4n) is 8.39. The lowest BCUT2D eigenvalue weighted by Crippen LogP contribution is -2.10. The Morgan fingerprint density at radius 1 is 0.390 bits per heavy atom. The fourth-order valence-corrected chi connectivity index (χ4v) is 10.6. The third-order valence-corrected chi connectivity index (χ3v) is 13.4. The molecule has 0 N–H and O–H groups in total. The van der Waals surface area contributed by atoms with Gasteiger partial charge in [-0.3, -0.25) is 9.80 Å². The van der Waals surface area contributed by atoms with Crippen molar-refractivity contribution in [2.24, 2.45) is 0 Å². The molecule has 0 bridgehead atoms. The van der Waals surface area contributed by atoms with Gasteiger partial charge in [-0.25, -0.2) is 4.98 Å². The minimum Gasteiger partial charge on any atom is -0.456 e. The monoisotopic (exact) mass is 796 g/mol. The molecule has 278 valence electrons. The Morgan fingerprint density at radius 2 is 0.898 bits per heavy atom. The van der Waals surface area contributed by atoms with Gasteiger partial charge >= 0.3 is 0 Å². The number of nitrogens with zero attached hydrogens (tertiary/aromatic N) is 4. The highest BCUT2D eigenvalue weighted by Crippen LogP contribution is 2.46. The van der Waals surface area contributed by atoms with Crippen LogP contribution in [0.1, 0.15) is 0 Å². The second kappa shape index (κ2) is 12.5. The number of hydrogen-bond donors (Lipinski definition) is 0. The van der Waals surface area contributed by atoms with Crippen molar-refractivity contribution in [1.82, 2.24) is 9.97 Å². The van der Waals surface area contributed by atoms with E-state index in [2.05, 4.69) is 131 Å². The molecule has 9 heteroatoms. The van der Waals surface area contributed by atoms with Crippen LogP contribution >= 0.6 is 22.7 Å². The Bertz CT molecular complexity index is 3480. The van der Waals surface area contributed by atoms with Crippen LogP contribution in [0.5, 0.6) is 0 Å². The number of furan rings is 3. The van der Waals surface area contributed by atoms with Gasteiger partial charge in [-0.1, -0.05) is 72.8 Å². The summed E-state index contributed by atoms with van der Waals surface area (Å²) in [6.07, 6.45) is 1.90. The van der Waals surface area contributed by atoms with Crippen LogP contribution in [0.15, 0.2) is 183 Å². The van der Waals surface area contributed by atoms with Crippen molar-refractivity contribution < 1.29 is 13.3 Å². The van der Waals surface area contributed by atoms with Crippen molar-refractivity contribution in [3.63, 3.8) is 0 Å². The Labute approximate surface area is 343 Å². The van der Waals surface area contributed by atoms with Crippen LogP contribution in [0.2, 0.25) is 0 Å². The second-order valence-corrected chi connectivity index (χ2v) is 16.8. The Balaban J connectivity index is 0.959. The maximum absolute atomic E-state index is 6.68. The molecular formula is C50H28N4O3S2. The summed E-state index contributed by atoms with van der Waals surface area (Å²) in [5.74, 6) is 1.46. The van der Waals surface area contributed by atoms with E-state index in [4.69, 9.17) is 23.2 Å². The normalized spacial score (nSPS) is 12.1. The quantitative estimate of drug-likeness (QED) is 0.166. The van der Waals surface area contributed by atoms with Gasteiger partial charge in [0.05, 0.1) is 11.4 Å². The van der Waals surface area contributed by atoms with Crippen LogP contribution in [-0.2, 0) is 0 Å². The molecule has 7 nitrogen and oxygen atoms in total. The molecule has 0 aliphatic rings. The van der Waals surface area contributed by atoms with Crippen LogP contribution in [0.25, 0.3) is 86.1 Å². The summed E-state index contributed by atoms with van der Waals surface area (Å²) >= 11 is 3.44. The maximum atomic E-state index is 6.68. The number of rotatable bonds is 6. The summed E-state index contributed by atoms with van der Waals surface area (Å²) in [7, 11) is 0. The molecule has 0 atom stereocenters. The summed E-state index contributed by atoms with van der Waals surface area (Å²) < 4.78 is 21.8. The van der Waals surface area contributed by atoms with Gasteiger partial charge in [-0.15, -0.1) is 22.7 Å². The van der Waals surface area contributed by atoms with E-state index in [0.29, 0.717) is 11.3 Å². The molecular weight excluding hydrogens is 769 g/mol. The number of aromatic nitrogens is 2. The third kappa shape index (κ3) is 5.12. The van der Waals surface area contributed by atoms with E-state index >= 15 is 0 Å². The van der Waals surface area contributed by atoms with Crippen molar-refractivity contribution in [2.45, 2.75) is 0 Å². The van der Waals surface area contributed by atoms with E-state index in [0.717, 1.165) is 87.7 Å². The lowest BCUT2D eigenvalue weighted by atomic mass is 10.1. The lowest BCUT2D eigenvalue weighted by molar-refractivity contribution is 0.654.